The molecule has 0 spiro atoms. The van der Waals surface area contributed by atoms with Crippen LogP contribution in [0.25, 0.3) is 10.2 Å². The molecular formula is C17H13ClN2O3S. The van der Waals surface area contributed by atoms with Crippen molar-refractivity contribution in [1.29, 1.82) is 0 Å². The third kappa shape index (κ3) is 2.68. The minimum atomic E-state index is -0.250. The average Bonchev–Trinajstić information content (AvgIpc) is 3.03. The van der Waals surface area contributed by atoms with Crippen molar-refractivity contribution in [3.05, 3.63) is 46.5 Å². The van der Waals surface area contributed by atoms with Gasteiger partial charge in [0.2, 0.25) is 0 Å². The number of nitrogens with zero attached hydrogens (tertiary/aromatic N) is 1. The van der Waals surface area contributed by atoms with Gasteiger partial charge >= 0.3 is 0 Å². The molecule has 1 N–H and O–H groups in total. The van der Waals surface area contributed by atoms with Crippen molar-refractivity contribution < 1.29 is 14.3 Å². The Kier molecular flexibility index (Phi) is 3.78. The number of amides is 1. The lowest BCUT2D eigenvalue weighted by Crippen LogP contribution is -2.17. The Hall–Kier alpha value is -2.31. The number of rotatable bonds is 2. The van der Waals surface area contributed by atoms with Crippen LogP contribution in [0.4, 0.5) is 5.13 Å². The topological polar surface area (TPSA) is 60.5 Å². The molecule has 0 atom stereocenters. The summed E-state index contributed by atoms with van der Waals surface area (Å²) >= 11 is 7.56. The van der Waals surface area contributed by atoms with E-state index in [0.29, 0.717) is 40.4 Å². The molecule has 0 saturated heterocycles. The van der Waals surface area contributed by atoms with Gasteiger partial charge in [0.15, 0.2) is 16.6 Å². The number of ether oxygens (including phenoxy) is 2. The molecule has 0 radical (unpaired) electrons. The fourth-order valence-electron chi connectivity index (χ4n) is 2.51. The van der Waals surface area contributed by atoms with Crippen LogP contribution in [0, 0.1) is 6.92 Å². The van der Waals surface area contributed by atoms with E-state index >= 15 is 0 Å². The van der Waals surface area contributed by atoms with Gasteiger partial charge in [-0.15, -0.1) is 0 Å². The van der Waals surface area contributed by atoms with Gasteiger partial charge in [-0.3, -0.25) is 10.1 Å². The second-order valence-corrected chi connectivity index (χ2v) is 6.78. The number of aromatic nitrogens is 1. The highest BCUT2D eigenvalue weighted by Gasteiger charge is 2.17. The molecule has 7 heteroatoms. The van der Waals surface area contributed by atoms with E-state index in [9.17, 15) is 4.79 Å². The zero-order chi connectivity index (χ0) is 16.7. The first-order valence-corrected chi connectivity index (χ1v) is 8.58. The van der Waals surface area contributed by atoms with Crippen molar-refractivity contribution in [3.8, 4) is 11.5 Å². The van der Waals surface area contributed by atoms with Gasteiger partial charge in [-0.1, -0.05) is 29.0 Å². The van der Waals surface area contributed by atoms with Gasteiger partial charge in [-0.05, 0) is 36.8 Å². The van der Waals surface area contributed by atoms with Crippen molar-refractivity contribution in [2.45, 2.75) is 6.92 Å². The van der Waals surface area contributed by atoms with Crippen molar-refractivity contribution >= 4 is 44.2 Å². The summed E-state index contributed by atoms with van der Waals surface area (Å²) in [5.74, 6) is 0.983. The number of thiazole rings is 1. The molecule has 2 aromatic carbocycles. The number of halogens is 1. The molecule has 1 aliphatic heterocycles. The van der Waals surface area contributed by atoms with Crippen LogP contribution in [0.15, 0.2) is 30.3 Å². The van der Waals surface area contributed by atoms with E-state index in [2.05, 4.69) is 10.3 Å². The maximum absolute atomic E-state index is 12.5. The third-order valence-corrected chi connectivity index (χ3v) is 5.15. The van der Waals surface area contributed by atoms with E-state index in [-0.39, 0.29) is 5.91 Å². The smallest absolute Gasteiger partial charge is 0.257 e. The molecule has 1 aliphatic rings. The molecule has 4 rings (SSSR count). The summed E-state index contributed by atoms with van der Waals surface area (Å²) in [5, 5.41) is 3.97. The van der Waals surface area contributed by atoms with Crippen LogP contribution in [0.2, 0.25) is 5.02 Å². The first kappa shape index (κ1) is 15.2. The van der Waals surface area contributed by atoms with Crippen LogP contribution >= 0.6 is 22.9 Å². The number of benzene rings is 2. The maximum atomic E-state index is 12.5. The zero-order valence-corrected chi connectivity index (χ0v) is 14.3. The van der Waals surface area contributed by atoms with E-state index in [1.165, 1.54) is 11.3 Å². The number of anilines is 1. The molecular weight excluding hydrogens is 348 g/mol. The lowest BCUT2D eigenvalue weighted by Gasteiger charge is -2.18. The summed E-state index contributed by atoms with van der Waals surface area (Å²) in [4.78, 5) is 16.9. The third-order valence-electron chi connectivity index (χ3n) is 3.72. The van der Waals surface area contributed by atoms with Crippen molar-refractivity contribution in [2.24, 2.45) is 0 Å². The van der Waals surface area contributed by atoms with Crippen LogP contribution in [0.5, 0.6) is 11.5 Å². The second kappa shape index (κ2) is 5.96. The van der Waals surface area contributed by atoms with E-state index in [1.807, 2.05) is 19.1 Å². The summed E-state index contributed by atoms with van der Waals surface area (Å²) in [7, 11) is 0. The highest BCUT2D eigenvalue weighted by Crippen LogP contribution is 2.35. The Labute approximate surface area is 147 Å². The number of nitrogens with one attached hydrogen (secondary N) is 1. The van der Waals surface area contributed by atoms with Crippen molar-refractivity contribution in [3.63, 3.8) is 0 Å². The van der Waals surface area contributed by atoms with Gasteiger partial charge in [0.1, 0.15) is 13.2 Å². The maximum Gasteiger partial charge on any atom is 0.257 e. The van der Waals surface area contributed by atoms with Crippen molar-refractivity contribution in [2.75, 3.05) is 18.5 Å². The molecule has 0 saturated carbocycles. The van der Waals surface area contributed by atoms with Crippen LogP contribution in [-0.4, -0.2) is 24.1 Å². The molecule has 0 aliphatic carbocycles. The molecule has 0 bridgehead atoms. The number of fused-ring (bicyclic) bond motifs is 2. The normalized spacial score (nSPS) is 13.1. The van der Waals surface area contributed by atoms with Crippen LogP contribution in [0.3, 0.4) is 0 Å². The molecule has 122 valence electrons. The Morgan fingerprint density at radius 1 is 1.21 bits per heavy atom. The minimum absolute atomic E-state index is 0.250. The Morgan fingerprint density at radius 2 is 2.00 bits per heavy atom. The number of carbonyl (C=O) groups excluding carboxylic acids is 1. The van der Waals surface area contributed by atoms with Gasteiger partial charge in [0.25, 0.3) is 5.91 Å². The Balaban J connectivity index is 1.62. The summed E-state index contributed by atoms with van der Waals surface area (Å²) in [6.45, 7) is 2.96. The highest BCUT2D eigenvalue weighted by atomic mass is 35.5. The first-order valence-electron chi connectivity index (χ1n) is 7.38. The quantitative estimate of drug-likeness (QED) is 0.741. The number of hydrogen-bond donors (Lipinski definition) is 1. The van der Waals surface area contributed by atoms with Crippen LogP contribution < -0.4 is 14.8 Å². The van der Waals surface area contributed by atoms with E-state index < -0.39 is 0 Å². The van der Waals surface area contributed by atoms with Crippen LogP contribution in [-0.2, 0) is 0 Å². The lowest BCUT2D eigenvalue weighted by atomic mass is 10.2. The van der Waals surface area contributed by atoms with Gasteiger partial charge < -0.3 is 9.47 Å². The minimum Gasteiger partial charge on any atom is -0.486 e. The largest absolute Gasteiger partial charge is 0.486 e. The standard InChI is InChI=1S/C17H13ClN2O3S/c1-9-2-4-11(18)15-14(9)19-17(24-15)20-16(21)10-3-5-12-13(8-10)23-7-6-22-12/h2-5,8H,6-7H2,1H3,(H,19,20,21). The fourth-order valence-corrected chi connectivity index (χ4v) is 3.72. The number of aryl methyl sites for hydroxylation is 1. The van der Waals surface area contributed by atoms with Gasteiger partial charge in [-0.2, -0.15) is 0 Å². The fraction of sp³-hybridized carbons (Fsp3) is 0.176. The van der Waals surface area contributed by atoms with Crippen molar-refractivity contribution in [1.82, 2.24) is 4.98 Å². The zero-order valence-electron chi connectivity index (χ0n) is 12.8. The molecule has 0 fully saturated rings. The number of carbonyl (C=O) groups is 1. The van der Waals surface area contributed by atoms with Gasteiger partial charge in [-0.25, -0.2) is 4.98 Å². The molecule has 3 aromatic rings. The van der Waals surface area contributed by atoms with Crippen LogP contribution in [0.1, 0.15) is 15.9 Å². The molecule has 24 heavy (non-hydrogen) atoms. The summed E-state index contributed by atoms with van der Waals surface area (Å²) in [5.41, 5.74) is 2.32. The number of hydrogen-bond acceptors (Lipinski definition) is 5. The molecule has 1 amide bonds. The van der Waals surface area contributed by atoms with E-state index in [1.54, 1.807) is 18.2 Å². The predicted octanol–water partition coefficient (Wildman–Crippen LogP) is 4.28. The first-order chi connectivity index (χ1) is 11.6. The molecule has 2 heterocycles. The predicted molar refractivity (Wildman–Crippen MR) is 94.8 cm³/mol. The van der Waals surface area contributed by atoms with Gasteiger partial charge in [0.05, 0.1) is 15.2 Å². The van der Waals surface area contributed by atoms with E-state index in [0.717, 1.165) is 15.8 Å². The Bertz CT molecular complexity index is 915. The monoisotopic (exact) mass is 360 g/mol. The Morgan fingerprint density at radius 3 is 2.79 bits per heavy atom. The SMILES string of the molecule is Cc1ccc(Cl)c2sc(NC(=O)c3ccc4c(c3)OCCO4)nc12. The summed E-state index contributed by atoms with van der Waals surface area (Å²) < 4.78 is 11.8. The van der Waals surface area contributed by atoms with Gasteiger partial charge in [0, 0.05) is 5.56 Å². The molecule has 5 nitrogen and oxygen atoms in total. The average molecular weight is 361 g/mol. The van der Waals surface area contributed by atoms with E-state index in [4.69, 9.17) is 21.1 Å². The molecule has 1 aromatic heterocycles. The lowest BCUT2D eigenvalue weighted by molar-refractivity contribution is 0.102. The highest BCUT2D eigenvalue weighted by molar-refractivity contribution is 7.23. The summed E-state index contributed by atoms with van der Waals surface area (Å²) in [6.07, 6.45) is 0. The second-order valence-electron chi connectivity index (χ2n) is 5.37. The molecule has 0 unspecified atom stereocenters. The summed E-state index contributed by atoms with van der Waals surface area (Å²) in [6, 6.07) is 8.87.